The lowest BCUT2D eigenvalue weighted by atomic mass is 10.3. The average Bonchev–Trinajstić information content (AvgIpc) is 2.05. The number of hydrogen-bond acceptors (Lipinski definition) is 3. The highest BCUT2D eigenvalue weighted by Crippen LogP contribution is 1.94. The molecule has 0 aromatic carbocycles. The van der Waals surface area contributed by atoms with Crippen molar-refractivity contribution in [3.63, 3.8) is 0 Å². The number of hydrogen-bond donors (Lipinski definition) is 0. The first kappa shape index (κ1) is 6.43. The first-order chi connectivity index (χ1) is 4.86. The van der Waals surface area contributed by atoms with E-state index in [-0.39, 0.29) is 0 Å². The Hall–Kier alpha value is -1.69. The molecular formula is C7H3N2O. The molecule has 0 aliphatic rings. The third-order valence-electron chi connectivity index (χ3n) is 0.996. The zero-order valence-electron chi connectivity index (χ0n) is 5.03. The topological polar surface area (TPSA) is 53.8 Å². The largest absolute Gasteiger partial charge is 0.285 e. The second kappa shape index (κ2) is 2.74. The molecule has 0 aliphatic carbocycles. The molecule has 0 unspecified atom stereocenters. The molecule has 0 bridgehead atoms. The maximum Gasteiger partial charge on any atom is 0.235 e. The van der Waals surface area contributed by atoms with Crippen LogP contribution >= 0.6 is 0 Å². The van der Waals surface area contributed by atoms with Gasteiger partial charge in [-0.05, 0) is 12.1 Å². The van der Waals surface area contributed by atoms with Gasteiger partial charge in [-0.25, -0.2) is 4.98 Å². The monoisotopic (exact) mass is 131 g/mol. The number of aromatic nitrogens is 1. The van der Waals surface area contributed by atoms with E-state index in [1.807, 2.05) is 6.07 Å². The zero-order valence-corrected chi connectivity index (χ0v) is 5.03. The number of nitriles is 1. The molecule has 10 heavy (non-hydrogen) atoms. The fourth-order valence-corrected chi connectivity index (χ4v) is 0.520. The van der Waals surface area contributed by atoms with Crippen LogP contribution in [0, 0.1) is 11.3 Å². The molecule has 47 valence electrons. The summed E-state index contributed by atoms with van der Waals surface area (Å²) >= 11 is 0. The van der Waals surface area contributed by atoms with Gasteiger partial charge in [0.2, 0.25) is 6.29 Å². The molecule has 3 nitrogen and oxygen atoms in total. The van der Waals surface area contributed by atoms with Crippen LogP contribution in [0.2, 0.25) is 0 Å². The van der Waals surface area contributed by atoms with Crippen molar-refractivity contribution in [3.05, 3.63) is 29.6 Å². The Kier molecular flexibility index (Phi) is 1.76. The Balaban J connectivity index is 3.04. The van der Waals surface area contributed by atoms with Crippen molar-refractivity contribution < 1.29 is 4.79 Å². The number of carbonyl (C=O) groups excluding carboxylic acids is 1. The van der Waals surface area contributed by atoms with Gasteiger partial charge in [-0.15, -0.1) is 0 Å². The predicted molar refractivity (Wildman–Crippen MR) is 33.7 cm³/mol. The molecule has 1 aromatic rings. The summed E-state index contributed by atoms with van der Waals surface area (Å²) in [7, 11) is 0. The Bertz CT molecular complexity index is 271. The average molecular weight is 131 g/mol. The van der Waals surface area contributed by atoms with Gasteiger partial charge in [0.1, 0.15) is 11.8 Å². The molecule has 0 aliphatic heterocycles. The Morgan fingerprint density at radius 3 is 2.70 bits per heavy atom. The van der Waals surface area contributed by atoms with Gasteiger partial charge in [0.15, 0.2) is 0 Å². The van der Waals surface area contributed by atoms with Crippen LogP contribution in [0.1, 0.15) is 11.3 Å². The zero-order chi connectivity index (χ0) is 7.40. The van der Waals surface area contributed by atoms with Gasteiger partial charge in [0.25, 0.3) is 0 Å². The molecule has 3 heteroatoms. The van der Waals surface area contributed by atoms with Gasteiger partial charge >= 0.3 is 0 Å². The summed E-state index contributed by atoms with van der Waals surface area (Å²) in [5.41, 5.74) is 0.665. The van der Waals surface area contributed by atoms with Gasteiger partial charge in [-0.3, -0.25) is 4.79 Å². The lowest BCUT2D eigenvalue weighted by molar-refractivity contribution is 0.562. The van der Waals surface area contributed by atoms with Crippen LogP contribution in [0.5, 0.6) is 0 Å². The van der Waals surface area contributed by atoms with E-state index in [0.29, 0.717) is 11.3 Å². The summed E-state index contributed by atoms with van der Waals surface area (Å²) in [5, 5.41) is 8.29. The van der Waals surface area contributed by atoms with Crippen molar-refractivity contribution in [1.29, 1.82) is 5.26 Å². The highest BCUT2D eigenvalue weighted by molar-refractivity contribution is 5.74. The Morgan fingerprint density at radius 2 is 2.30 bits per heavy atom. The number of nitrogens with zero attached hydrogens (tertiary/aromatic N) is 2. The fraction of sp³-hybridized carbons (Fsp3) is 0. The number of rotatable bonds is 1. The molecule has 0 amide bonds. The predicted octanol–water partition coefficient (Wildman–Crippen LogP) is 0.411. The molecule has 1 rings (SSSR count). The van der Waals surface area contributed by atoms with Crippen LogP contribution < -0.4 is 0 Å². The van der Waals surface area contributed by atoms with E-state index in [4.69, 9.17) is 5.26 Å². The van der Waals surface area contributed by atoms with Crippen LogP contribution in [0.4, 0.5) is 0 Å². The quantitative estimate of drug-likeness (QED) is 0.554. The minimum absolute atomic E-state index is 0.305. The summed E-state index contributed by atoms with van der Waals surface area (Å²) < 4.78 is 0. The molecule has 1 radical (unpaired) electrons. The highest BCUT2D eigenvalue weighted by atomic mass is 16.1. The maximum absolute atomic E-state index is 9.96. The molecule has 1 heterocycles. The first-order valence-electron chi connectivity index (χ1n) is 2.61. The fourth-order valence-electron chi connectivity index (χ4n) is 0.520. The van der Waals surface area contributed by atoms with E-state index in [2.05, 4.69) is 4.98 Å². The van der Waals surface area contributed by atoms with E-state index in [0.717, 1.165) is 0 Å². The Labute approximate surface area is 57.9 Å². The molecule has 0 N–H and O–H groups in total. The summed E-state index contributed by atoms with van der Waals surface area (Å²) in [6.07, 6.45) is 2.97. The van der Waals surface area contributed by atoms with Crippen LogP contribution in [0.15, 0.2) is 18.3 Å². The van der Waals surface area contributed by atoms with Gasteiger partial charge < -0.3 is 0 Å². The van der Waals surface area contributed by atoms with Gasteiger partial charge in [-0.2, -0.15) is 5.26 Å². The second-order valence-corrected chi connectivity index (χ2v) is 1.65. The van der Waals surface area contributed by atoms with Crippen molar-refractivity contribution >= 4 is 6.29 Å². The van der Waals surface area contributed by atoms with Crippen LogP contribution in [0.25, 0.3) is 0 Å². The van der Waals surface area contributed by atoms with E-state index in [9.17, 15) is 4.79 Å². The normalized spacial score (nSPS) is 8.30. The highest BCUT2D eigenvalue weighted by Gasteiger charge is 1.91. The molecule has 0 saturated carbocycles. The molecular weight excluding hydrogens is 128 g/mol. The van der Waals surface area contributed by atoms with Crippen molar-refractivity contribution in [3.8, 4) is 6.07 Å². The van der Waals surface area contributed by atoms with E-state index in [1.165, 1.54) is 18.3 Å². The maximum atomic E-state index is 9.96. The minimum atomic E-state index is 0.305. The lowest BCUT2D eigenvalue weighted by Gasteiger charge is -1.85. The SMILES string of the molecule is N#Cc1ccc([C]=O)cn1. The van der Waals surface area contributed by atoms with Crippen molar-refractivity contribution in [2.75, 3.05) is 0 Å². The van der Waals surface area contributed by atoms with Crippen molar-refractivity contribution in [1.82, 2.24) is 4.98 Å². The standard InChI is InChI=1S/C7H3N2O/c8-3-7-2-1-6(5-10)4-9-7/h1-2,4H. The summed E-state index contributed by atoms with van der Waals surface area (Å²) in [5.74, 6) is 0. The summed E-state index contributed by atoms with van der Waals surface area (Å²) in [6.45, 7) is 0. The molecule has 0 atom stereocenters. The third-order valence-corrected chi connectivity index (χ3v) is 0.996. The van der Waals surface area contributed by atoms with Crippen molar-refractivity contribution in [2.45, 2.75) is 0 Å². The minimum Gasteiger partial charge on any atom is -0.285 e. The lowest BCUT2D eigenvalue weighted by Crippen LogP contribution is -1.84. The smallest absolute Gasteiger partial charge is 0.235 e. The first-order valence-corrected chi connectivity index (χ1v) is 2.61. The van der Waals surface area contributed by atoms with Crippen molar-refractivity contribution in [2.24, 2.45) is 0 Å². The molecule has 0 spiro atoms. The van der Waals surface area contributed by atoms with Gasteiger partial charge in [-0.1, -0.05) is 0 Å². The molecule has 0 fully saturated rings. The molecule has 0 saturated heterocycles. The van der Waals surface area contributed by atoms with Gasteiger partial charge in [0, 0.05) is 11.8 Å². The summed E-state index contributed by atoms with van der Waals surface area (Å²) in [4.78, 5) is 13.6. The van der Waals surface area contributed by atoms with Crippen LogP contribution in [-0.4, -0.2) is 11.3 Å². The van der Waals surface area contributed by atoms with E-state index < -0.39 is 0 Å². The summed E-state index contributed by atoms with van der Waals surface area (Å²) in [6, 6.07) is 4.81. The third kappa shape index (κ3) is 1.17. The van der Waals surface area contributed by atoms with Crippen LogP contribution in [-0.2, 0) is 4.79 Å². The Morgan fingerprint density at radius 1 is 1.50 bits per heavy atom. The van der Waals surface area contributed by atoms with Gasteiger partial charge in [0.05, 0.1) is 0 Å². The van der Waals surface area contributed by atoms with Crippen LogP contribution in [0.3, 0.4) is 0 Å². The molecule has 1 aromatic heterocycles. The number of pyridine rings is 1. The van der Waals surface area contributed by atoms with E-state index >= 15 is 0 Å². The van der Waals surface area contributed by atoms with E-state index in [1.54, 1.807) is 6.29 Å². The second-order valence-electron chi connectivity index (χ2n) is 1.65.